The fraction of sp³-hybridized carbons (Fsp3) is 0.529. The first-order chi connectivity index (χ1) is 20.7. The van der Waals surface area contributed by atoms with Crippen molar-refractivity contribution in [1.29, 1.82) is 0 Å². The summed E-state index contributed by atoms with van der Waals surface area (Å²) in [6, 6.07) is 9.97. The summed E-state index contributed by atoms with van der Waals surface area (Å²) in [6.45, 7) is 12.7. The van der Waals surface area contributed by atoms with Crippen molar-refractivity contribution in [2.24, 2.45) is 0 Å². The van der Waals surface area contributed by atoms with E-state index in [1.807, 2.05) is 32.9 Å². The number of methoxy groups -OCH3 is 1. The molecule has 0 bridgehead atoms. The lowest BCUT2D eigenvalue weighted by molar-refractivity contribution is -0.140. The van der Waals surface area contributed by atoms with Crippen LogP contribution in [0.3, 0.4) is 0 Å². The van der Waals surface area contributed by atoms with Gasteiger partial charge in [0.25, 0.3) is 11.7 Å². The number of unbranched alkanes of at least 4 members (excludes halogenated alkanes) is 2. The van der Waals surface area contributed by atoms with Gasteiger partial charge in [0.15, 0.2) is 11.5 Å². The number of ketones is 1. The van der Waals surface area contributed by atoms with Crippen molar-refractivity contribution in [3.8, 4) is 17.2 Å². The van der Waals surface area contributed by atoms with Crippen LogP contribution in [-0.4, -0.2) is 85.8 Å². The lowest BCUT2D eigenvalue weighted by Gasteiger charge is -2.29. The van der Waals surface area contributed by atoms with Gasteiger partial charge in [0.1, 0.15) is 11.5 Å². The van der Waals surface area contributed by atoms with E-state index < -0.39 is 17.7 Å². The number of aliphatic hydroxyl groups is 1. The van der Waals surface area contributed by atoms with Crippen LogP contribution in [0.5, 0.6) is 17.2 Å². The number of aliphatic hydroxyl groups excluding tert-OH is 1. The highest BCUT2D eigenvalue weighted by Gasteiger charge is 2.46. The van der Waals surface area contributed by atoms with E-state index in [0.717, 1.165) is 44.5 Å². The molecule has 2 saturated heterocycles. The van der Waals surface area contributed by atoms with Crippen molar-refractivity contribution in [1.82, 2.24) is 9.80 Å². The lowest BCUT2D eigenvalue weighted by atomic mass is 9.94. The predicted molar refractivity (Wildman–Crippen MR) is 166 cm³/mol. The number of likely N-dealkylation sites (tertiary alicyclic amines) is 1. The van der Waals surface area contributed by atoms with Gasteiger partial charge in [-0.15, -0.1) is 0 Å². The molecule has 0 radical (unpaired) electrons. The number of rotatable bonds is 14. The molecule has 2 fully saturated rings. The number of benzene rings is 2. The molecule has 1 N–H and O–H groups in total. The fourth-order valence-corrected chi connectivity index (χ4v) is 5.59. The number of ether oxygens (including phenoxy) is 4. The van der Waals surface area contributed by atoms with Crippen LogP contribution in [0.15, 0.2) is 42.0 Å². The summed E-state index contributed by atoms with van der Waals surface area (Å²) >= 11 is 0. The van der Waals surface area contributed by atoms with Crippen molar-refractivity contribution in [3.63, 3.8) is 0 Å². The Balaban J connectivity index is 1.70. The van der Waals surface area contributed by atoms with Gasteiger partial charge in [0.05, 0.1) is 44.6 Å². The molecule has 4 rings (SSSR count). The Bertz CT molecular complexity index is 1300. The Morgan fingerprint density at radius 3 is 2.42 bits per heavy atom. The van der Waals surface area contributed by atoms with E-state index in [-0.39, 0.29) is 17.4 Å². The van der Waals surface area contributed by atoms with Crippen LogP contribution in [-0.2, 0) is 14.3 Å². The maximum atomic E-state index is 13.6. The monoisotopic (exact) mass is 594 g/mol. The van der Waals surface area contributed by atoms with Gasteiger partial charge in [0, 0.05) is 31.7 Å². The maximum absolute atomic E-state index is 13.6. The zero-order chi connectivity index (χ0) is 30.9. The minimum atomic E-state index is -0.778. The number of hydrogen-bond acceptors (Lipinski definition) is 8. The van der Waals surface area contributed by atoms with Gasteiger partial charge in [-0.3, -0.25) is 14.5 Å². The summed E-state index contributed by atoms with van der Waals surface area (Å²) in [6.07, 6.45) is 3.78. The molecule has 0 aliphatic carbocycles. The second kappa shape index (κ2) is 15.3. The third kappa shape index (κ3) is 7.89. The van der Waals surface area contributed by atoms with Gasteiger partial charge >= 0.3 is 0 Å². The summed E-state index contributed by atoms with van der Waals surface area (Å²) in [7, 11) is 1.57. The third-order valence-electron chi connectivity index (χ3n) is 7.84. The van der Waals surface area contributed by atoms with Crippen molar-refractivity contribution >= 4 is 17.4 Å². The van der Waals surface area contributed by atoms with E-state index >= 15 is 0 Å². The molecule has 9 nitrogen and oxygen atoms in total. The molecule has 1 atom stereocenters. The average molecular weight is 595 g/mol. The number of carbonyl (C=O) groups is 2. The highest BCUT2D eigenvalue weighted by atomic mass is 16.5. The van der Waals surface area contributed by atoms with Crippen LogP contribution in [0.2, 0.25) is 0 Å². The number of nitrogens with zero attached hydrogens (tertiary/aromatic N) is 2. The van der Waals surface area contributed by atoms with E-state index in [1.54, 1.807) is 36.3 Å². The van der Waals surface area contributed by atoms with E-state index in [9.17, 15) is 14.7 Å². The predicted octanol–water partition coefficient (Wildman–Crippen LogP) is 5.50. The Morgan fingerprint density at radius 2 is 1.74 bits per heavy atom. The number of carbonyl (C=O) groups excluding carboxylic acids is 2. The van der Waals surface area contributed by atoms with Gasteiger partial charge in [-0.05, 0) is 75.1 Å². The Labute approximate surface area is 255 Å². The molecule has 9 heteroatoms. The second-order valence-corrected chi connectivity index (χ2v) is 11.4. The topological polar surface area (TPSA) is 97.8 Å². The summed E-state index contributed by atoms with van der Waals surface area (Å²) in [5, 5.41) is 11.6. The first-order valence-electron chi connectivity index (χ1n) is 15.4. The molecule has 2 aliphatic heterocycles. The Morgan fingerprint density at radius 1 is 1.00 bits per heavy atom. The molecule has 2 heterocycles. The normalized spacial score (nSPS) is 18.8. The average Bonchev–Trinajstić information content (AvgIpc) is 3.25. The SMILES string of the molecule is CCCCCOc1ccc(C2/C(=C(\O)c3ccc(OC(C)C)c(C)c3)C(=O)C(=O)N2CCCN2CCOCC2)cc1OC. The Hall–Kier alpha value is -3.56. The second-order valence-electron chi connectivity index (χ2n) is 11.4. The van der Waals surface area contributed by atoms with Crippen LogP contribution in [0.1, 0.15) is 69.2 Å². The zero-order valence-electron chi connectivity index (χ0n) is 26.2. The van der Waals surface area contributed by atoms with Crippen molar-refractivity contribution < 1.29 is 33.6 Å². The molecule has 0 aromatic heterocycles. The van der Waals surface area contributed by atoms with Crippen LogP contribution >= 0.6 is 0 Å². The zero-order valence-corrected chi connectivity index (χ0v) is 26.2. The van der Waals surface area contributed by atoms with Gasteiger partial charge in [0.2, 0.25) is 0 Å². The minimum Gasteiger partial charge on any atom is -0.507 e. The minimum absolute atomic E-state index is 0.00508. The number of Topliss-reactive ketones (excluding diaryl/α,β-unsaturated/α-hetero) is 1. The van der Waals surface area contributed by atoms with Crippen LogP contribution in [0, 0.1) is 6.92 Å². The highest BCUT2D eigenvalue weighted by Crippen LogP contribution is 2.42. The molecule has 0 spiro atoms. The largest absolute Gasteiger partial charge is 0.507 e. The van der Waals surface area contributed by atoms with Crippen LogP contribution in [0.4, 0.5) is 0 Å². The smallest absolute Gasteiger partial charge is 0.295 e. The molecular formula is C34H46N2O7. The van der Waals surface area contributed by atoms with Crippen molar-refractivity contribution in [2.45, 2.75) is 65.5 Å². The van der Waals surface area contributed by atoms with Crippen LogP contribution in [0.25, 0.3) is 5.76 Å². The molecule has 2 aromatic rings. The van der Waals surface area contributed by atoms with Crippen molar-refractivity contribution in [3.05, 3.63) is 58.7 Å². The summed E-state index contributed by atoms with van der Waals surface area (Å²) < 4.78 is 23.0. The van der Waals surface area contributed by atoms with Crippen LogP contribution < -0.4 is 14.2 Å². The molecule has 2 aliphatic rings. The highest BCUT2D eigenvalue weighted by molar-refractivity contribution is 6.46. The van der Waals surface area contributed by atoms with Crippen molar-refractivity contribution in [2.75, 3.05) is 53.1 Å². The first-order valence-corrected chi connectivity index (χ1v) is 15.4. The summed E-state index contributed by atoms with van der Waals surface area (Å²) in [4.78, 5) is 31.0. The maximum Gasteiger partial charge on any atom is 0.295 e. The molecule has 2 aromatic carbocycles. The quantitative estimate of drug-likeness (QED) is 0.133. The Kier molecular flexibility index (Phi) is 11.5. The summed E-state index contributed by atoms with van der Waals surface area (Å²) in [5.41, 5.74) is 2.00. The van der Waals surface area contributed by atoms with E-state index in [2.05, 4.69) is 11.8 Å². The van der Waals surface area contributed by atoms with E-state index in [4.69, 9.17) is 18.9 Å². The standard InChI is InChI=1S/C34H46N2O7/c1-6-7-8-18-42-28-13-10-25(22-29(28)40-5)31-30(32(37)26-11-12-27(24(4)21-26)43-23(2)3)33(38)34(39)36(31)15-9-14-35-16-19-41-20-17-35/h10-13,21-23,31,37H,6-9,14-20H2,1-5H3/b32-30+. The lowest BCUT2D eigenvalue weighted by Crippen LogP contribution is -2.39. The summed E-state index contributed by atoms with van der Waals surface area (Å²) in [5.74, 6) is 0.279. The molecule has 1 amide bonds. The number of morpholine rings is 1. The van der Waals surface area contributed by atoms with E-state index in [1.165, 1.54) is 0 Å². The van der Waals surface area contributed by atoms with Gasteiger partial charge < -0.3 is 29.0 Å². The van der Waals surface area contributed by atoms with Gasteiger partial charge in [-0.25, -0.2) is 0 Å². The number of amides is 1. The molecule has 43 heavy (non-hydrogen) atoms. The third-order valence-corrected chi connectivity index (χ3v) is 7.84. The molecular weight excluding hydrogens is 548 g/mol. The van der Waals surface area contributed by atoms with Gasteiger partial charge in [-0.2, -0.15) is 0 Å². The number of hydrogen-bond donors (Lipinski definition) is 1. The van der Waals surface area contributed by atoms with E-state index in [0.29, 0.717) is 61.2 Å². The molecule has 234 valence electrons. The van der Waals surface area contributed by atoms with Gasteiger partial charge in [-0.1, -0.05) is 25.8 Å². The number of aryl methyl sites for hydroxylation is 1. The first kappa shape index (κ1) is 32.4. The molecule has 1 unspecified atom stereocenters. The molecule has 0 saturated carbocycles. The fourth-order valence-electron chi connectivity index (χ4n) is 5.59.